The fraction of sp³-hybridized carbons (Fsp3) is 0. The monoisotopic (exact) mass is 675 g/mol. The molecule has 4 heteroatoms. The number of hydrogen-bond acceptors (Lipinski definition) is 2. The predicted octanol–water partition coefficient (Wildman–Crippen LogP) is 13.1. The Hall–Kier alpha value is -7.17. The van der Waals surface area contributed by atoms with Crippen molar-refractivity contribution in [3.05, 3.63) is 176 Å². The Balaban J connectivity index is 1.28. The maximum Gasteiger partial charge on any atom is 0.162 e. The van der Waals surface area contributed by atoms with Crippen LogP contribution in [0.25, 0.3) is 110 Å². The quantitative estimate of drug-likeness (QED) is 0.175. The van der Waals surface area contributed by atoms with Crippen LogP contribution in [0.5, 0.6) is 0 Å². The average Bonchev–Trinajstić information content (AvgIpc) is 3.87. The minimum Gasteiger partial charge on any atom is -0.454 e. The Kier molecular flexibility index (Phi) is 5.74. The van der Waals surface area contributed by atoms with Crippen LogP contribution < -0.4 is 0 Å². The van der Waals surface area contributed by atoms with Gasteiger partial charge in [-0.2, -0.15) is 0 Å². The lowest BCUT2D eigenvalue weighted by molar-refractivity contribution is 0.670. The van der Waals surface area contributed by atoms with Gasteiger partial charge in [0, 0.05) is 49.3 Å². The third kappa shape index (κ3) is 4.03. The molecular weight excluding hydrogens is 647 g/mol. The molecule has 0 aliphatic carbocycles. The highest BCUT2D eigenvalue weighted by molar-refractivity contribution is 6.18. The van der Waals surface area contributed by atoms with Crippen molar-refractivity contribution >= 4 is 87.4 Å². The Morgan fingerprint density at radius 3 is 1.40 bits per heavy atom. The van der Waals surface area contributed by atoms with Crippen molar-refractivity contribution in [3.8, 4) is 22.5 Å². The Morgan fingerprint density at radius 2 is 0.849 bits per heavy atom. The van der Waals surface area contributed by atoms with Crippen LogP contribution in [0.3, 0.4) is 0 Å². The molecule has 0 fully saturated rings. The second kappa shape index (κ2) is 10.7. The summed E-state index contributed by atoms with van der Waals surface area (Å²) in [5.41, 5.74) is 12.4. The van der Waals surface area contributed by atoms with Gasteiger partial charge in [-0.25, -0.2) is 4.98 Å². The summed E-state index contributed by atoms with van der Waals surface area (Å²) in [7, 11) is 0. The lowest BCUT2D eigenvalue weighted by atomic mass is 9.96. The molecule has 0 aliphatic rings. The molecule has 0 saturated carbocycles. The summed E-state index contributed by atoms with van der Waals surface area (Å²) in [6.45, 7) is 0. The average molecular weight is 676 g/mol. The highest BCUT2D eigenvalue weighted by Crippen LogP contribution is 2.44. The largest absolute Gasteiger partial charge is 0.454 e. The lowest BCUT2D eigenvalue weighted by Gasteiger charge is -2.17. The first-order chi connectivity index (χ1) is 26.3. The zero-order valence-electron chi connectivity index (χ0n) is 28.5. The van der Waals surface area contributed by atoms with Crippen LogP contribution in [0.4, 0.5) is 0 Å². The number of hydrogen-bond donors (Lipinski definition) is 0. The molecule has 12 rings (SSSR count). The van der Waals surface area contributed by atoms with E-state index in [2.05, 4.69) is 173 Å². The highest BCUT2D eigenvalue weighted by atomic mass is 16.3. The Labute approximate surface area is 303 Å². The minimum absolute atomic E-state index is 0.793. The van der Waals surface area contributed by atoms with Gasteiger partial charge in [-0.15, -0.1) is 0 Å². The van der Waals surface area contributed by atoms with Crippen LogP contribution in [-0.4, -0.2) is 14.1 Å². The summed E-state index contributed by atoms with van der Waals surface area (Å²) in [6, 6.07) is 63.2. The number of nitrogens with zero attached hydrogens (tertiary/aromatic N) is 3. The lowest BCUT2D eigenvalue weighted by Crippen LogP contribution is -2.00. The van der Waals surface area contributed by atoms with E-state index in [-0.39, 0.29) is 0 Å². The van der Waals surface area contributed by atoms with Gasteiger partial charge in [0.05, 0.1) is 27.6 Å². The summed E-state index contributed by atoms with van der Waals surface area (Å²) >= 11 is 0. The molecule has 0 bridgehead atoms. The van der Waals surface area contributed by atoms with Crippen LogP contribution in [0.1, 0.15) is 0 Å². The second-order valence-electron chi connectivity index (χ2n) is 14.0. The van der Waals surface area contributed by atoms with Crippen molar-refractivity contribution in [3.63, 3.8) is 0 Å². The summed E-state index contributed by atoms with van der Waals surface area (Å²) < 4.78 is 11.7. The normalized spacial score (nSPS) is 12.2. The molecule has 4 nitrogen and oxygen atoms in total. The van der Waals surface area contributed by atoms with Crippen molar-refractivity contribution in [1.82, 2.24) is 14.1 Å². The molecule has 12 aromatic rings. The van der Waals surface area contributed by atoms with Gasteiger partial charge in [0.1, 0.15) is 11.1 Å². The maximum absolute atomic E-state index is 6.82. The minimum atomic E-state index is 0.793. The van der Waals surface area contributed by atoms with Gasteiger partial charge in [-0.3, -0.25) is 0 Å². The second-order valence-corrected chi connectivity index (χ2v) is 14.0. The van der Waals surface area contributed by atoms with E-state index in [1.165, 1.54) is 49.0 Å². The molecule has 8 aromatic carbocycles. The summed E-state index contributed by atoms with van der Waals surface area (Å²) in [5, 5.41) is 9.32. The summed E-state index contributed by atoms with van der Waals surface area (Å²) in [5.74, 6) is 0. The Bertz CT molecular complexity index is 3230. The zero-order chi connectivity index (χ0) is 34.6. The SMILES string of the molecule is c1ccc2cc3c(-c4cc(-n5c6ccccc6c6ccccc65)cc(-n5c6ccccc6c6ccccc65)c4)c4oc5ccccc5c4nc3cc2c1. The topological polar surface area (TPSA) is 35.9 Å². The fourth-order valence-corrected chi connectivity index (χ4v) is 8.76. The zero-order valence-corrected chi connectivity index (χ0v) is 28.5. The first-order valence-electron chi connectivity index (χ1n) is 18.0. The maximum atomic E-state index is 6.82. The van der Waals surface area contributed by atoms with Crippen LogP contribution >= 0.6 is 0 Å². The van der Waals surface area contributed by atoms with Gasteiger partial charge in [0.2, 0.25) is 0 Å². The molecule has 0 radical (unpaired) electrons. The van der Waals surface area contributed by atoms with Crippen LogP contribution in [-0.2, 0) is 0 Å². The van der Waals surface area contributed by atoms with Gasteiger partial charge in [-0.05, 0) is 83.1 Å². The van der Waals surface area contributed by atoms with Crippen LogP contribution in [0.2, 0.25) is 0 Å². The number of para-hydroxylation sites is 5. The van der Waals surface area contributed by atoms with Gasteiger partial charge in [0.15, 0.2) is 5.58 Å². The van der Waals surface area contributed by atoms with Crippen molar-refractivity contribution in [2.24, 2.45) is 0 Å². The van der Waals surface area contributed by atoms with E-state index in [9.17, 15) is 0 Å². The number of fused-ring (bicyclic) bond motifs is 11. The molecule has 0 N–H and O–H groups in total. The molecule has 4 heterocycles. The van der Waals surface area contributed by atoms with E-state index in [1.54, 1.807) is 0 Å². The molecule has 53 heavy (non-hydrogen) atoms. The molecular formula is C49H29N3O. The number of rotatable bonds is 3. The molecule has 0 unspecified atom stereocenters. The first kappa shape index (κ1) is 28.5. The highest BCUT2D eigenvalue weighted by Gasteiger charge is 2.22. The first-order valence-corrected chi connectivity index (χ1v) is 18.0. The summed E-state index contributed by atoms with van der Waals surface area (Å²) in [6.07, 6.45) is 0. The van der Waals surface area contributed by atoms with E-state index < -0.39 is 0 Å². The predicted molar refractivity (Wildman–Crippen MR) is 221 cm³/mol. The third-order valence-electron chi connectivity index (χ3n) is 11.0. The van der Waals surface area contributed by atoms with Crippen LogP contribution in [0, 0.1) is 0 Å². The molecule has 0 amide bonds. The molecule has 0 aliphatic heterocycles. The molecule has 4 aromatic heterocycles. The standard InChI is InChI=1S/C49H29N3O/c1-2-14-31-28-41-40(27-30(31)13-1)47(49-48(50-41)39-19-7-12-24-46(39)53-49)32-25-33(51-42-20-8-3-15-35(42)36-16-4-9-21-43(36)51)29-34(26-32)52-44-22-10-5-17-37(44)38-18-6-11-23-45(38)52/h1-29H. The van der Waals surface area contributed by atoms with E-state index in [0.29, 0.717) is 0 Å². The smallest absolute Gasteiger partial charge is 0.162 e. The van der Waals surface area contributed by atoms with Crippen molar-refractivity contribution in [1.29, 1.82) is 0 Å². The van der Waals surface area contributed by atoms with Crippen molar-refractivity contribution in [2.75, 3.05) is 0 Å². The molecule has 0 saturated heterocycles. The summed E-state index contributed by atoms with van der Waals surface area (Å²) in [4.78, 5) is 5.31. The molecule has 246 valence electrons. The van der Waals surface area contributed by atoms with Gasteiger partial charge in [-0.1, -0.05) is 109 Å². The van der Waals surface area contributed by atoms with Gasteiger partial charge >= 0.3 is 0 Å². The number of pyridine rings is 1. The van der Waals surface area contributed by atoms with E-state index in [4.69, 9.17) is 9.40 Å². The van der Waals surface area contributed by atoms with E-state index >= 15 is 0 Å². The van der Waals surface area contributed by atoms with Gasteiger partial charge < -0.3 is 13.6 Å². The van der Waals surface area contributed by atoms with Crippen LogP contribution in [0.15, 0.2) is 180 Å². The van der Waals surface area contributed by atoms with Crippen molar-refractivity contribution in [2.45, 2.75) is 0 Å². The van der Waals surface area contributed by atoms with E-state index in [0.717, 1.165) is 60.9 Å². The molecule has 0 spiro atoms. The van der Waals surface area contributed by atoms with Crippen molar-refractivity contribution < 1.29 is 4.42 Å². The number of aromatic nitrogens is 3. The molecule has 0 atom stereocenters. The fourth-order valence-electron chi connectivity index (χ4n) is 8.76. The van der Waals surface area contributed by atoms with Gasteiger partial charge in [0.25, 0.3) is 0 Å². The number of benzene rings is 8. The Morgan fingerprint density at radius 1 is 0.396 bits per heavy atom. The third-order valence-corrected chi connectivity index (χ3v) is 11.0. The van der Waals surface area contributed by atoms with E-state index in [1.807, 2.05) is 12.1 Å². The number of furan rings is 1.